The number of rotatable bonds is 6. The average Bonchev–Trinajstić information content (AvgIpc) is 2.81. The van der Waals surface area contributed by atoms with Crippen molar-refractivity contribution in [1.82, 2.24) is 9.55 Å². The van der Waals surface area contributed by atoms with E-state index in [0.29, 0.717) is 12.1 Å². The number of fused-ring (bicyclic) bond motifs is 1. The quantitative estimate of drug-likeness (QED) is 0.825. The average molecular weight is 290 g/mol. The Hall–Kier alpha value is -2.37. The molecule has 0 saturated heterocycles. The number of carboxylic acid groups (broad SMARTS) is 1. The fourth-order valence-electron chi connectivity index (χ4n) is 2.28. The number of imidazole rings is 1. The van der Waals surface area contributed by atoms with Crippen LogP contribution < -0.4 is 0 Å². The lowest BCUT2D eigenvalue weighted by molar-refractivity contribution is -0.140. The Bertz CT molecular complexity index is 676. The number of aromatic carboxylic acids is 1. The number of aryl methyl sites for hydroxylation is 2. The van der Waals surface area contributed by atoms with Crippen LogP contribution in [0, 0.1) is 0 Å². The fraction of sp³-hybridized carbons (Fsp3) is 0.400. The smallest absolute Gasteiger partial charge is 0.335 e. The molecule has 6 nitrogen and oxygen atoms in total. The maximum Gasteiger partial charge on any atom is 0.335 e. The molecule has 0 spiro atoms. The van der Waals surface area contributed by atoms with E-state index in [0.717, 1.165) is 24.2 Å². The highest BCUT2D eigenvalue weighted by Crippen LogP contribution is 2.20. The second-order valence-electron chi connectivity index (χ2n) is 4.76. The third kappa shape index (κ3) is 3.21. The molecular weight excluding hydrogens is 272 g/mol. The van der Waals surface area contributed by atoms with Gasteiger partial charge in [0, 0.05) is 13.0 Å². The van der Waals surface area contributed by atoms with E-state index in [-0.39, 0.29) is 18.0 Å². The first-order valence-corrected chi connectivity index (χ1v) is 6.86. The monoisotopic (exact) mass is 290 g/mol. The molecule has 0 saturated carbocycles. The molecule has 0 unspecified atom stereocenters. The van der Waals surface area contributed by atoms with Gasteiger partial charge in [0.2, 0.25) is 0 Å². The molecule has 0 amide bonds. The first-order valence-electron chi connectivity index (χ1n) is 6.86. The number of nitrogens with zero attached hydrogens (tertiary/aromatic N) is 2. The summed E-state index contributed by atoms with van der Waals surface area (Å²) in [6, 6.07) is 4.85. The summed E-state index contributed by atoms with van der Waals surface area (Å²) in [4.78, 5) is 26.8. The molecule has 0 fully saturated rings. The Morgan fingerprint density at radius 3 is 2.76 bits per heavy atom. The van der Waals surface area contributed by atoms with Gasteiger partial charge in [-0.3, -0.25) is 4.79 Å². The molecule has 1 heterocycles. The maximum absolute atomic E-state index is 11.3. The minimum absolute atomic E-state index is 0.211. The minimum Gasteiger partial charge on any atom is -0.478 e. The molecule has 1 aromatic carbocycles. The topological polar surface area (TPSA) is 81.4 Å². The summed E-state index contributed by atoms with van der Waals surface area (Å²) in [6.45, 7) is 2.53. The summed E-state index contributed by atoms with van der Waals surface area (Å²) in [5.41, 5.74) is 1.69. The van der Waals surface area contributed by atoms with Crippen molar-refractivity contribution in [2.75, 3.05) is 7.11 Å². The lowest BCUT2D eigenvalue weighted by atomic mass is 10.2. The number of ether oxygens (including phenoxy) is 1. The zero-order valence-corrected chi connectivity index (χ0v) is 12.1. The third-order valence-corrected chi connectivity index (χ3v) is 3.32. The SMILES string of the molecule is CCCc1nc2cc(C(=O)O)ccc2n1CCC(=O)OC. The van der Waals surface area contributed by atoms with E-state index in [9.17, 15) is 9.59 Å². The lowest BCUT2D eigenvalue weighted by Crippen LogP contribution is -2.09. The van der Waals surface area contributed by atoms with E-state index in [4.69, 9.17) is 5.11 Å². The van der Waals surface area contributed by atoms with Crippen molar-refractivity contribution in [2.45, 2.75) is 32.7 Å². The molecule has 112 valence electrons. The number of methoxy groups -OCH3 is 1. The number of carboxylic acids is 1. The molecule has 0 aliphatic heterocycles. The van der Waals surface area contributed by atoms with Crippen molar-refractivity contribution in [3.8, 4) is 0 Å². The summed E-state index contributed by atoms with van der Waals surface area (Å²) in [5, 5.41) is 9.04. The molecule has 2 rings (SSSR count). The molecule has 0 aliphatic rings. The van der Waals surface area contributed by atoms with Gasteiger partial charge >= 0.3 is 11.9 Å². The maximum atomic E-state index is 11.3. The minimum atomic E-state index is -0.974. The Balaban J connectivity index is 2.42. The molecule has 0 atom stereocenters. The summed E-state index contributed by atoms with van der Waals surface area (Å²) in [6.07, 6.45) is 1.96. The Morgan fingerprint density at radius 1 is 1.38 bits per heavy atom. The van der Waals surface area contributed by atoms with Crippen LogP contribution in [0.1, 0.15) is 35.9 Å². The number of hydrogen-bond acceptors (Lipinski definition) is 4. The molecule has 0 bridgehead atoms. The zero-order chi connectivity index (χ0) is 15.4. The van der Waals surface area contributed by atoms with Crippen LogP contribution in [-0.2, 0) is 22.5 Å². The highest BCUT2D eigenvalue weighted by molar-refractivity contribution is 5.92. The first-order chi connectivity index (χ1) is 10.1. The van der Waals surface area contributed by atoms with Gasteiger partial charge in [0.1, 0.15) is 5.82 Å². The molecule has 21 heavy (non-hydrogen) atoms. The predicted molar refractivity (Wildman–Crippen MR) is 77.3 cm³/mol. The summed E-state index contributed by atoms with van der Waals surface area (Å²) in [5.74, 6) is -0.390. The standard InChI is InChI=1S/C15H18N2O4/c1-3-4-13-16-11-9-10(15(19)20)5-6-12(11)17(13)8-7-14(18)21-2/h5-6,9H,3-4,7-8H2,1-2H3,(H,19,20). The van der Waals surface area contributed by atoms with Gasteiger partial charge in [0.15, 0.2) is 0 Å². The van der Waals surface area contributed by atoms with Gasteiger partial charge in [-0.1, -0.05) is 6.92 Å². The van der Waals surface area contributed by atoms with E-state index in [2.05, 4.69) is 9.72 Å². The largest absolute Gasteiger partial charge is 0.478 e. The number of hydrogen-bond donors (Lipinski definition) is 1. The van der Waals surface area contributed by atoms with Gasteiger partial charge < -0.3 is 14.4 Å². The molecule has 1 aromatic heterocycles. The predicted octanol–water partition coefficient (Wildman–Crippen LogP) is 2.25. The van der Waals surface area contributed by atoms with Gasteiger partial charge in [-0.2, -0.15) is 0 Å². The molecule has 1 N–H and O–H groups in total. The normalized spacial score (nSPS) is 10.8. The van der Waals surface area contributed by atoms with Gasteiger partial charge in [0.25, 0.3) is 0 Å². The van der Waals surface area contributed by atoms with E-state index in [1.807, 2.05) is 11.5 Å². The van der Waals surface area contributed by atoms with Crippen LogP contribution in [0.25, 0.3) is 11.0 Å². The van der Waals surface area contributed by atoms with Crippen molar-refractivity contribution in [3.63, 3.8) is 0 Å². The number of aromatic nitrogens is 2. The number of carbonyl (C=O) groups is 2. The van der Waals surface area contributed by atoms with Gasteiger partial charge in [-0.15, -0.1) is 0 Å². The van der Waals surface area contributed by atoms with E-state index in [1.165, 1.54) is 7.11 Å². The van der Waals surface area contributed by atoms with Gasteiger partial charge in [-0.25, -0.2) is 9.78 Å². The van der Waals surface area contributed by atoms with E-state index in [1.54, 1.807) is 18.2 Å². The fourth-order valence-corrected chi connectivity index (χ4v) is 2.28. The number of esters is 1. The Labute approximate surface area is 122 Å². The molecular formula is C15H18N2O4. The van der Waals surface area contributed by atoms with Gasteiger partial charge in [-0.05, 0) is 24.6 Å². The van der Waals surface area contributed by atoms with Crippen molar-refractivity contribution >= 4 is 23.0 Å². The second kappa shape index (κ2) is 6.39. The van der Waals surface area contributed by atoms with Crippen molar-refractivity contribution in [3.05, 3.63) is 29.6 Å². The van der Waals surface area contributed by atoms with Crippen LogP contribution in [0.15, 0.2) is 18.2 Å². The van der Waals surface area contributed by atoms with E-state index >= 15 is 0 Å². The highest BCUT2D eigenvalue weighted by Gasteiger charge is 2.13. The first kappa shape index (κ1) is 15.0. The van der Waals surface area contributed by atoms with Crippen LogP contribution in [0.4, 0.5) is 0 Å². The van der Waals surface area contributed by atoms with Crippen LogP contribution >= 0.6 is 0 Å². The number of benzene rings is 1. The highest BCUT2D eigenvalue weighted by atomic mass is 16.5. The molecule has 2 aromatic rings. The van der Waals surface area contributed by atoms with Crippen LogP contribution in [0.3, 0.4) is 0 Å². The van der Waals surface area contributed by atoms with Crippen LogP contribution in [0.2, 0.25) is 0 Å². The van der Waals surface area contributed by atoms with Crippen molar-refractivity contribution < 1.29 is 19.4 Å². The molecule has 0 radical (unpaired) electrons. The lowest BCUT2D eigenvalue weighted by Gasteiger charge is -2.07. The Kier molecular flexibility index (Phi) is 4.57. The summed E-state index contributed by atoms with van der Waals surface area (Å²) in [7, 11) is 1.36. The van der Waals surface area contributed by atoms with Crippen molar-refractivity contribution in [2.24, 2.45) is 0 Å². The summed E-state index contributed by atoms with van der Waals surface area (Å²) >= 11 is 0. The van der Waals surface area contributed by atoms with Gasteiger partial charge in [0.05, 0.1) is 30.1 Å². The van der Waals surface area contributed by atoms with Crippen LogP contribution in [0.5, 0.6) is 0 Å². The van der Waals surface area contributed by atoms with E-state index < -0.39 is 5.97 Å². The zero-order valence-electron chi connectivity index (χ0n) is 12.1. The van der Waals surface area contributed by atoms with Crippen LogP contribution in [-0.4, -0.2) is 33.7 Å². The molecule has 0 aliphatic carbocycles. The third-order valence-electron chi connectivity index (χ3n) is 3.32. The van der Waals surface area contributed by atoms with Crippen molar-refractivity contribution in [1.29, 1.82) is 0 Å². The molecule has 6 heteroatoms. The Morgan fingerprint density at radius 2 is 2.14 bits per heavy atom. The second-order valence-corrected chi connectivity index (χ2v) is 4.76. The summed E-state index contributed by atoms with van der Waals surface area (Å²) < 4.78 is 6.62. The number of carbonyl (C=O) groups excluding carboxylic acids is 1.